The SMILES string of the molecule is CCC(C)(C)c1ccc(OCC(C)/C(N)=N/O)cc1. The van der Waals surface area contributed by atoms with Gasteiger partial charge in [0.05, 0.1) is 12.5 Å². The molecule has 3 N–H and O–H groups in total. The predicted octanol–water partition coefficient (Wildman–Crippen LogP) is 3.14. The minimum Gasteiger partial charge on any atom is -0.493 e. The molecule has 1 rings (SSSR count). The standard InChI is InChI=1S/C15H24N2O2/c1-5-15(3,4)12-6-8-13(9-7-12)19-10-11(2)14(16)17-18/h6-9,11,18H,5,10H2,1-4H3,(H2,16,17). The highest BCUT2D eigenvalue weighted by atomic mass is 16.5. The molecule has 0 spiro atoms. The average Bonchev–Trinajstić information content (AvgIpc) is 2.44. The lowest BCUT2D eigenvalue weighted by atomic mass is 9.82. The summed E-state index contributed by atoms with van der Waals surface area (Å²) in [6.45, 7) is 8.88. The van der Waals surface area contributed by atoms with Crippen LogP contribution in [0.4, 0.5) is 0 Å². The molecule has 4 heteroatoms. The summed E-state index contributed by atoms with van der Waals surface area (Å²) >= 11 is 0. The van der Waals surface area contributed by atoms with Gasteiger partial charge in [-0.25, -0.2) is 0 Å². The first-order chi connectivity index (χ1) is 8.90. The molecule has 1 atom stereocenters. The highest BCUT2D eigenvalue weighted by Crippen LogP contribution is 2.28. The number of ether oxygens (including phenoxy) is 1. The van der Waals surface area contributed by atoms with Crippen molar-refractivity contribution in [2.24, 2.45) is 16.8 Å². The largest absolute Gasteiger partial charge is 0.493 e. The van der Waals surface area contributed by atoms with Gasteiger partial charge in [0.15, 0.2) is 0 Å². The van der Waals surface area contributed by atoms with E-state index in [1.807, 2.05) is 19.1 Å². The summed E-state index contributed by atoms with van der Waals surface area (Å²) in [5.74, 6) is 0.869. The van der Waals surface area contributed by atoms with Gasteiger partial charge in [0.25, 0.3) is 0 Å². The second kappa shape index (κ2) is 6.45. The third-order valence-electron chi connectivity index (χ3n) is 3.64. The van der Waals surface area contributed by atoms with Gasteiger partial charge in [0, 0.05) is 0 Å². The number of amidine groups is 1. The van der Waals surface area contributed by atoms with Gasteiger partial charge in [-0.2, -0.15) is 0 Å². The van der Waals surface area contributed by atoms with Crippen molar-refractivity contribution in [1.82, 2.24) is 0 Å². The van der Waals surface area contributed by atoms with Crippen molar-refractivity contribution >= 4 is 5.84 Å². The van der Waals surface area contributed by atoms with Crippen LogP contribution in [0.5, 0.6) is 5.75 Å². The lowest BCUT2D eigenvalue weighted by Crippen LogP contribution is -2.26. The first-order valence-electron chi connectivity index (χ1n) is 6.61. The Kier molecular flexibility index (Phi) is 5.21. The van der Waals surface area contributed by atoms with Gasteiger partial charge in [-0.1, -0.05) is 45.0 Å². The number of rotatable bonds is 6. The summed E-state index contributed by atoms with van der Waals surface area (Å²) in [7, 11) is 0. The normalized spacial score (nSPS) is 14.2. The molecule has 0 saturated carbocycles. The summed E-state index contributed by atoms with van der Waals surface area (Å²) in [5, 5.41) is 11.5. The van der Waals surface area contributed by atoms with Crippen molar-refractivity contribution < 1.29 is 9.94 Å². The van der Waals surface area contributed by atoms with Crippen LogP contribution in [-0.4, -0.2) is 17.6 Å². The third-order valence-corrected chi connectivity index (χ3v) is 3.64. The van der Waals surface area contributed by atoms with Crippen LogP contribution in [0.3, 0.4) is 0 Å². The molecule has 0 aliphatic rings. The minimum atomic E-state index is -0.114. The molecule has 106 valence electrons. The molecule has 19 heavy (non-hydrogen) atoms. The molecule has 4 nitrogen and oxygen atoms in total. The van der Waals surface area contributed by atoms with Crippen molar-refractivity contribution in [1.29, 1.82) is 0 Å². The molecule has 0 bridgehead atoms. The molecule has 0 aliphatic heterocycles. The Bertz CT molecular complexity index is 424. The lowest BCUT2D eigenvalue weighted by Gasteiger charge is -2.23. The Morgan fingerprint density at radius 2 is 1.95 bits per heavy atom. The Morgan fingerprint density at radius 1 is 1.37 bits per heavy atom. The fourth-order valence-electron chi connectivity index (χ4n) is 1.61. The van der Waals surface area contributed by atoms with E-state index < -0.39 is 0 Å². The van der Waals surface area contributed by atoms with Gasteiger partial charge in [-0.05, 0) is 29.5 Å². The van der Waals surface area contributed by atoms with Crippen LogP contribution in [0, 0.1) is 5.92 Å². The molecular weight excluding hydrogens is 240 g/mol. The molecule has 0 amide bonds. The highest BCUT2D eigenvalue weighted by molar-refractivity contribution is 5.81. The van der Waals surface area contributed by atoms with Gasteiger partial charge in [0.2, 0.25) is 0 Å². The number of benzene rings is 1. The second-order valence-corrected chi connectivity index (χ2v) is 5.50. The zero-order chi connectivity index (χ0) is 14.5. The van der Waals surface area contributed by atoms with Crippen LogP contribution in [-0.2, 0) is 5.41 Å². The van der Waals surface area contributed by atoms with Crippen LogP contribution in [0.2, 0.25) is 0 Å². The Balaban J connectivity index is 2.63. The van der Waals surface area contributed by atoms with Crippen LogP contribution >= 0.6 is 0 Å². The molecule has 0 fully saturated rings. The van der Waals surface area contributed by atoms with Gasteiger partial charge < -0.3 is 15.7 Å². The van der Waals surface area contributed by atoms with Gasteiger partial charge in [-0.3, -0.25) is 0 Å². The summed E-state index contributed by atoms with van der Waals surface area (Å²) in [6.07, 6.45) is 1.09. The molecule has 1 aromatic rings. The Morgan fingerprint density at radius 3 is 2.42 bits per heavy atom. The maximum Gasteiger partial charge on any atom is 0.145 e. The van der Waals surface area contributed by atoms with E-state index in [9.17, 15) is 0 Å². The van der Waals surface area contributed by atoms with Crippen molar-refractivity contribution in [2.75, 3.05) is 6.61 Å². The van der Waals surface area contributed by atoms with Crippen LogP contribution in [0.25, 0.3) is 0 Å². The third kappa shape index (κ3) is 4.16. The molecule has 1 aromatic carbocycles. The summed E-state index contributed by atoms with van der Waals surface area (Å²) in [5.41, 5.74) is 6.98. The molecule has 1 unspecified atom stereocenters. The molecule has 0 radical (unpaired) electrons. The number of hydrogen-bond acceptors (Lipinski definition) is 3. The lowest BCUT2D eigenvalue weighted by molar-refractivity contribution is 0.279. The van der Waals surface area contributed by atoms with Crippen LogP contribution in [0.1, 0.15) is 39.7 Å². The number of oxime groups is 1. The van der Waals surface area contributed by atoms with Crippen molar-refractivity contribution in [2.45, 2.75) is 39.5 Å². The van der Waals surface area contributed by atoms with E-state index >= 15 is 0 Å². The summed E-state index contributed by atoms with van der Waals surface area (Å²) < 4.78 is 5.62. The highest BCUT2D eigenvalue weighted by Gasteiger charge is 2.17. The zero-order valence-electron chi connectivity index (χ0n) is 12.2. The van der Waals surface area contributed by atoms with E-state index in [-0.39, 0.29) is 17.2 Å². The number of nitrogens with two attached hydrogens (primary N) is 1. The van der Waals surface area contributed by atoms with E-state index in [0.717, 1.165) is 12.2 Å². The van der Waals surface area contributed by atoms with Crippen LogP contribution < -0.4 is 10.5 Å². The average molecular weight is 264 g/mol. The van der Waals surface area contributed by atoms with Gasteiger partial charge in [-0.15, -0.1) is 0 Å². The first-order valence-corrected chi connectivity index (χ1v) is 6.61. The molecular formula is C15H24N2O2. The topological polar surface area (TPSA) is 67.8 Å². The quantitative estimate of drug-likeness (QED) is 0.359. The van der Waals surface area contributed by atoms with E-state index in [4.69, 9.17) is 15.7 Å². The second-order valence-electron chi connectivity index (χ2n) is 5.50. The number of hydrogen-bond donors (Lipinski definition) is 2. The summed E-state index contributed by atoms with van der Waals surface area (Å²) in [6, 6.07) is 8.11. The summed E-state index contributed by atoms with van der Waals surface area (Å²) in [4.78, 5) is 0. The van der Waals surface area contributed by atoms with Crippen molar-refractivity contribution in [3.63, 3.8) is 0 Å². The maximum atomic E-state index is 8.56. The first kappa shape index (κ1) is 15.3. The fourth-order valence-corrected chi connectivity index (χ4v) is 1.61. The molecule has 0 aromatic heterocycles. The van der Waals surface area contributed by atoms with Crippen molar-refractivity contribution in [3.05, 3.63) is 29.8 Å². The van der Waals surface area contributed by atoms with Crippen LogP contribution in [0.15, 0.2) is 29.4 Å². The fraction of sp³-hybridized carbons (Fsp3) is 0.533. The van der Waals surface area contributed by atoms with E-state index in [0.29, 0.717) is 6.61 Å². The zero-order valence-corrected chi connectivity index (χ0v) is 12.2. The van der Waals surface area contributed by atoms with Gasteiger partial charge in [0.1, 0.15) is 11.6 Å². The minimum absolute atomic E-state index is 0.114. The Hall–Kier alpha value is -1.71. The monoisotopic (exact) mass is 264 g/mol. The van der Waals surface area contributed by atoms with Gasteiger partial charge >= 0.3 is 0 Å². The predicted molar refractivity (Wildman–Crippen MR) is 77.8 cm³/mol. The van der Waals surface area contributed by atoms with E-state index in [1.165, 1.54) is 5.56 Å². The smallest absolute Gasteiger partial charge is 0.145 e. The molecule has 0 aliphatic carbocycles. The van der Waals surface area contributed by atoms with E-state index in [1.54, 1.807) is 0 Å². The Labute approximate surface area is 115 Å². The van der Waals surface area contributed by atoms with Crippen molar-refractivity contribution in [3.8, 4) is 5.75 Å². The maximum absolute atomic E-state index is 8.56. The molecule has 0 heterocycles. The molecule has 0 saturated heterocycles. The van der Waals surface area contributed by atoms with E-state index in [2.05, 4.69) is 38.1 Å². The number of nitrogens with zero attached hydrogens (tertiary/aromatic N) is 1.